The Balaban J connectivity index is 1.69. The Morgan fingerprint density at radius 1 is 0.914 bits per heavy atom. The van der Waals surface area contributed by atoms with Crippen LogP contribution in [0.5, 0.6) is 0 Å². The van der Waals surface area contributed by atoms with E-state index < -0.39 is 9.85 Å². The number of hydrogen-bond donors (Lipinski definition) is 1. The molecule has 1 N–H and O–H groups in total. The fourth-order valence-corrected chi connectivity index (χ4v) is 3.44. The average Bonchev–Trinajstić information content (AvgIpc) is 2.87. The van der Waals surface area contributed by atoms with Crippen molar-refractivity contribution in [1.29, 1.82) is 0 Å². The van der Waals surface area contributed by atoms with Gasteiger partial charge in [-0.05, 0) is 47.6 Å². The van der Waals surface area contributed by atoms with Crippen LogP contribution in [-0.4, -0.2) is 27.3 Å². The number of hydrogen-bond acceptors (Lipinski definition) is 6. The third-order valence-electron chi connectivity index (χ3n) is 5.16. The molecule has 0 aliphatic heterocycles. The molecule has 0 aliphatic rings. The van der Waals surface area contributed by atoms with Crippen molar-refractivity contribution in [1.82, 2.24) is 10.3 Å². The number of nitro groups is 2. The molecule has 2 aromatic carbocycles. The van der Waals surface area contributed by atoms with E-state index in [9.17, 15) is 25.0 Å². The highest BCUT2D eigenvalue weighted by Gasteiger charge is 2.13. The highest BCUT2D eigenvalue weighted by molar-refractivity contribution is 5.89. The number of non-ortho nitro benzene ring substituents is 2. The highest BCUT2D eigenvalue weighted by atomic mass is 16.6. The van der Waals surface area contributed by atoms with E-state index in [-0.39, 0.29) is 17.3 Å². The summed E-state index contributed by atoms with van der Waals surface area (Å²) in [7, 11) is 0. The van der Waals surface area contributed by atoms with E-state index in [1.54, 1.807) is 36.5 Å². The second-order valence-corrected chi connectivity index (χ2v) is 7.66. The molecule has 0 saturated heterocycles. The van der Waals surface area contributed by atoms with E-state index in [0.29, 0.717) is 23.2 Å². The molecule has 0 atom stereocenters. The van der Waals surface area contributed by atoms with E-state index >= 15 is 0 Å². The Morgan fingerprint density at radius 3 is 2.14 bits per heavy atom. The van der Waals surface area contributed by atoms with E-state index in [1.807, 2.05) is 18.3 Å². The van der Waals surface area contributed by atoms with Gasteiger partial charge in [-0.1, -0.05) is 42.5 Å². The van der Waals surface area contributed by atoms with Crippen LogP contribution < -0.4 is 5.32 Å². The molecule has 0 saturated carbocycles. The lowest BCUT2D eigenvalue weighted by molar-refractivity contribution is -0.385. The van der Waals surface area contributed by atoms with Gasteiger partial charge < -0.3 is 5.32 Å². The Hall–Kier alpha value is -4.66. The molecule has 3 aromatic rings. The van der Waals surface area contributed by atoms with Gasteiger partial charge in [-0.2, -0.15) is 0 Å². The van der Waals surface area contributed by atoms with E-state index in [4.69, 9.17) is 0 Å². The number of allylic oxidation sites excluding steroid dienone is 2. The van der Waals surface area contributed by atoms with Crippen LogP contribution in [0.3, 0.4) is 0 Å². The quantitative estimate of drug-likeness (QED) is 0.137. The zero-order valence-corrected chi connectivity index (χ0v) is 18.9. The maximum absolute atomic E-state index is 12.2. The molecule has 1 heterocycles. The van der Waals surface area contributed by atoms with Crippen molar-refractivity contribution >= 4 is 22.9 Å². The monoisotopic (exact) mass is 472 g/mol. The predicted molar refractivity (Wildman–Crippen MR) is 133 cm³/mol. The topological polar surface area (TPSA) is 128 Å². The number of carbonyl (C=O) groups is 1. The second-order valence-electron chi connectivity index (χ2n) is 7.66. The van der Waals surface area contributed by atoms with Crippen LogP contribution in [0.25, 0.3) is 5.57 Å². The lowest BCUT2D eigenvalue weighted by Gasteiger charge is -2.08. The van der Waals surface area contributed by atoms with Crippen LogP contribution >= 0.6 is 0 Å². The molecule has 9 heteroatoms. The van der Waals surface area contributed by atoms with Crippen molar-refractivity contribution in [3.63, 3.8) is 0 Å². The van der Waals surface area contributed by atoms with E-state index in [2.05, 4.69) is 10.3 Å². The number of unbranched alkanes of at least 4 members (excludes halogenated alkanes) is 1. The van der Waals surface area contributed by atoms with Gasteiger partial charge in [0.25, 0.3) is 11.4 Å². The molecule has 1 amide bonds. The number of carbonyl (C=O) groups excluding carboxylic acids is 1. The van der Waals surface area contributed by atoms with Gasteiger partial charge in [0.05, 0.1) is 9.85 Å². The molecule has 0 fully saturated rings. The first-order valence-electron chi connectivity index (χ1n) is 11.0. The molecule has 1 aromatic heterocycles. The first kappa shape index (κ1) is 25.0. The summed E-state index contributed by atoms with van der Waals surface area (Å²) in [6.45, 7) is 0.524. The van der Waals surface area contributed by atoms with Crippen molar-refractivity contribution in [2.24, 2.45) is 0 Å². The van der Waals surface area contributed by atoms with Crippen LogP contribution in [0.4, 0.5) is 11.4 Å². The third kappa shape index (κ3) is 7.71. The van der Waals surface area contributed by atoms with E-state index in [0.717, 1.165) is 24.8 Å². The Kier molecular flexibility index (Phi) is 8.95. The number of aromatic nitrogens is 1. The summed E-state index contributed by atoms with van der Waals surface area (Å²) in [5.74, 6) is -0.278. The molecule has 178 valence electrons. The average molecular weight is 473 g/mol. The molecule has 0 spiro atoms. The SMILES string of the molecule is O=C(C=CC=C(c1cccc([N+](=O)[O-])c1)c1cccc([N+](=O)[O-])c1)NCCCCc1cccnc1. The normalized spacial score (nSPS) is 10.6. The van der Waals surface area contributed by atoms with Crippen molar-refractivity contribution in [2.75, 3.05) is 6.54 Å². The van der Waals surface area contributed by atoms with Gasteiger partial charge in [-0.3, -0.25) is 30.0 Å². The fraction of sp³-hybridized carbons (Fsp3) is 0.154. The minimum absolute atomic E-state index is 0.105. The maximum atomic E-state index is 12.2. The second kappa shape index (κ2) is 12.5. The number of nitro benzene ring substituents is 2. The number of benzene rings is 2. The molecular formula is C26H24N4O5. The molecule has 0 unspecified atom stereocenters. The summed E-state index contributed by atoms with van der Waals surface area (Å²) in [5.41, 5.74) is 2.45. The van der Waals surface area contributed by atoms with Gasteiger partial charge in [0.1, 0.15) is 0 Å². The minimum atomic E-state index is -0.508. The van der Waals surface area contributed by atoms with Gasteiger partial charge in [0.2, 0.25) is 5.91 Å². The summed E-state index contributed by atoms with van der Waals surface area (Å²) in [6.07, 6.45) is 10.7. The van der Waals surface area contributed by atoms with Crippen molar-refractivity contribution in [3.05, 3.63) is 128 Å². The third-order valence-corrected chi connectivity index (χ3v) is 5.16. The zero-order chi connectivity index (χ0) is 25.0. The van der Waals surface area contributed by atoms with Crippen molar-refractivity contribution in [2.45, 2.75) is 19.3 Å². The molecule has 0 aliphatic carbocycles. The summed E-state index contributed by atoms with van der Waals surface area (Å²) >= 11 is 0. The minimum Gasteiger partial charge on any atom is -0.353 e. The smallest absolute Gasteiger partial charge is 0.270 e. The standard InChI is InChI=1S/C26H24N4O5/c31-26(28-16-2-1-7-20-8-6-15-27-19-20)14-5-13-25(21-9-3-11-23(17-21)29(32)33)22-10-4-12-24(18-22)30(34)35/h3-6,8-15,17-19H,1-2,7,16H2,(H,28,31). The summed E-state index contributed by atoms with van der Waals surface area (Å²) in [6, 6.07) is 15.9. The van der Waals surface area contributed by atoms with Crippen LogP contribution in [-0.2, 0) is 11.2 Å². The lowest BCUT2D eigenvalue weighted by atomic mass is 9.96. The van der Waals surface area contributed by atoms with Crippen LogP contribution in [0, 0.1) is 20.2 Å². The van der Waals surface area contributed by atoms with Crippen LogP contribution in [0.1, 0.15) is 29.5 Å². The van der Waals surface area contributed by atoms with Crippen molar-refractivity contribution in [3.8, 4) is 0 Å². The number of nitrogens with zero attached hydrogens (tertiary/aromatic N) is 3. The van der Waals surface area contributed by atoms with Gasteiger partial charge in [0, 0.05) is 49.3 Å². The van der Waals surface area contributed by atoms with Gasteiger partial charge >= 0.3 is 0 Å². The first-order chi connectivity index (χ1) is 16.9. The molecule has 0 bridgehead atoms. The van der Waals surface area contributed by atoms with Crippen LogP contribution in [0.15, 0.2) is 91.3 Å². The zero-order valence-electron chi connectivity index (χ0n) is 18.9. The highest BCUT2D eigenvalue weighted by Crippen LogP contribution is 2.28. The first-order valence-corrected chi connectivity index (χ1v) is 11.0. The summed E-state index contributed by atoms with van der Waals surface area (Å²) < 4.78 is 0. The van der Waals surface area contributed by atoms with Gasteiger partial charge in [-0.15, -0.1) is 0 Å². The number of nitrogens with one attached hydrogen (secondary N) is 1. The molecule has 9 nitrogen and oxygen atoms in total. The van der Waals surface area contributed by atoms with E-state index in [1.165, 1.54) is 36.4 Å². The number of aryl methyl sites for hydroxylation is 1. The fourth-order valence-electron chi connectivity index (χ4n) is 3.44. The molecular weight excluding hydrogens is 448 g/mol. The Morgan fingerprint density at radius 2 is 1.57 bits per heavy atom. The Bertz CT molecular complexity index is 1200. The van der Waals surface area contributed by atoms with Gasteiger partial charge in [0.15, 0.2) is 0 Å². The predicted octanol–water partition coefficient (Wildman–Crippen LogP) is 5.03. The number of rotatable bonds is 11. The summed E-state index contributed by atoms with van der Waals surface area (Å²) in [4.78, 5) is 37.7. The summed E-state index contributed by atoms with van der Waals surface area (Å²) in [5, 5.41) is 25.2. The lowest BCUT2D eigenvalue weighted by Crippen LogP contribution is -2.22. The molecule has 3 rings (SSSR count). The molecule has 35 heavy (non-hydrogen) atoms. The largest absolute Gasteiger partial charge is 0.353 e. The Labute approximate surface area is 202 Å². The molecule has 0 radical (unpaired) electrons. The number of amides is 1. The number of pyridine rings is 1. The van der Waals surface area contributed by atoms with Crippen molar-refractivity contribution < 1.29 is 14.6 Å². The van der Waals surface area contributed by atoms with Gasteiger partial charge in [-0.25, -0.2) is 0 Å². The maximum Gasteiger partial charge on any atom is 0.270 e. The van der Waals surface area contributed by atoms with Crippen LogP contribution in [0.2, 0.25) is 0 Å².